The van der Waals surface area contributed by atoms with E-state index in [1.54, 1.807) is 13.0 Å². The Labute approximate surface area is 117 Å². The molecule has 98 valence electrons. The van der Waals surface area contributed by atoms with Crippen molar-refractivity contribution in [3.8, 4) is 0 Å². The van der Waals surface area contributed by atoms with Gasteiger partial charge in [0.25, 0.3) is 5.69 Å². The Kier molecular flexibility index (Phi) is 5.10. The third-order valence-corrected chi connectivity index (χ3v) is 3.39. The molecule has 1 atom stereocenters. The van der Waals surface area contributed by atoms with Crippen molar-refractivity contribution in [1.29, 1.82) is 0 Å². The van der Waals surface area contributed by atoms with E-state index < -0.39 is 16.3 Å². The number of hydrogen-bond donors (Lipinski definition) is 0. The molecular formula is C11H11BrClNO4. The number of aryl methyl sites for hydroxylation is 1. The molecule has 7 heteroatoms. The number of methoxy groups -OCH3 is 1. The second-order valence-electron chi connectivity index (χ2n) is 3.70. The number of nitrogens with zero attached hydrogens (tertiary/aromatic N) is 1. The van der Waals surface area contributed by atoms with Crippen LogP contribution >= 0.6 is 27.5 Å². The molecular weight excluding hydrogens is 325 g/mol. The molecule has 0 fully saturated rings. The summed E-state index contributed by atoms with van der Waals surface area (Å²) in [6, 6.07) is 3.18. The van der Waals surface area contributed by atoms with Crippen LogP contribution in [0.5, 0.6) is 0 Å². The van der Waals surface area contributed by atoms with Crippen LogP contribution in [-0.2, 0) is 16.0 Å². The molecule has 0 aromatic heterocycles. The highest BCUT2D eigenvalue weighted by molar-refractivity contribution is 9.10. The van der Waals surface area contributed by atoms with Crippen molar-refractivity contribution in [3.63, 3.8) is 0 Å². The lowest BCUT2D eigenvalue weighted by Gasteiger charge is -2.10. The highest BCUT2D eigenvalue weighted by atomic mass is 79.9. The van der Waals surface area contributed by atoms with E-state index in [4.69, 9.17) is 11.6 Å². The summed E-state index contributed by atoms with van der Waals surface area (Å²) in [4.78, 5) is 21.7. The van der Waals surface area contributed by atoms with Gasteiger partial charge in [0.15, 0.2) is 0 Å². The second kappa shape index (κ2) is 6.15. The first-order chi connectivity index (χ1) is 8.36. The molecule has 0 saturated carbocycles. The van der Waals surface area contributed by atoms with E-state index in [2.05, 4.69) is 20.7 Å². The molecule has 0 heterocycles. The monoisotopic (exact) mass is 335 g/mol. The van der Waals surface area contributed by atoms with E-state index in [1.807, 2.05) is 0 Å². The van der Waals surface area contributed by atoms with Gasteiger partial charge in [0.1, 0.15) is 5.38 Å². The van der Waals surface area contributed by atoms with Gasteiger partial charge in [0.2, 0.25) is 0 Å². The Hall–Kier alpha value is -1.14. The van der Waals surface area contributed by atoms with Gasteiger partial charge < -0.3 is 4.74 Å². The molecule has 0 N–H and O–H groups in total. The van der Waals surface area contributed by atoms with Crippen molar-refractivity contribution < 1.29 is 14.5 Å². The van der Waals surface area contributed by atoms with Gasteiger partial charge in [-0.05, 0) is 18.6 Å². The number of ether oxygens (including phenoxy) is 1. The molecule has 5 nitrogen and oxygen atoms in total. The van der Waals surface area contributed by atoms with E-state index >= 15 is 0 Å². The molecule has 0 aliphatic rings. The van der Waals surface area contributed by atoms with E-state index in [1.165, 1.54) is 13.2 Å². The third-order valence-electron chi connectivity index (χ3n) is 2.35. The van der Waals surface area contributed by atoms with Crippen molar-refractivity contribution in [2.75, 3.05) is 7.11 Å². The van der Waals surface area contributed by atoms with Crippen LogP contribution in [0.1, 0.15) is 11.1 Å². The van der Waals surface area contributed by atoms with Crippen LogP contribution in [0.4, 0.5) is 5.69 Å². The van der Waals surface area contributed by atoms with Gasteiger partial charge in [-0.2, -0.15) is 0 Å². The van der Waals surface area contributed by atoms with Gasteiger partial charge in [-0.25, -0.2) is 0 Å². The number of esters is 1. The maximum absolute atomic E-state index is 11.2. The standard InChI is InChI=1S/C11H11BrClNO4/c1-6-3-8(12)7(10(4-6)14(16)17)5-9(13)11(15)18-2/h3-4,9H,5H2,1-2H3. The smallest absolute Gasteiger partial charge is 0.324 e. The summed E-state index contributed by atoms with van der Waals surface area (Å²) in [5, 5.41) is 10.0. The molecule has 18 heavy (non-hydrogen) atoms. The van der Waals surface area contributed by atoms with E-state index in [9.17, 15) is 14.9 Å². The summed E-state index contributed by atoms with van der Waals surface area (Å²) in [6.07, 6.45) is 0.0331. The maximum atomic E-state index is 11.2. The van der Waals surface area contributed by atoms with Crippen LogP contribution in [0.2, 0.25) is 0 Å². The Balaban J connectivity index is 3.15. The lowest BCUT2D eigenvalue weighted by Crippen LogP contribution is -2.19. The number of rotatable bonds is 4. The summed E-state index contributed by atoms with van der Waals surface area (Å²) in [6.45, 7) is 1.75. The first-order valence-corrected chi connectivity index (χ1v) is 6.25. The predicted octanol–water partition coefficient (Wildman–Crippen LogP) is 2.99. The zero-order chi connectivity index (χ0) is 13.9. The molecule has 0 aliphatic carbocycles. The largest absolute Gasteiger partial charge is 0.468 e. The highest BCUT2D eigenvalue weighted by Crippen LogP contribution is 2.30. The van der Waals surface area contributed by atoms with Gasteiger partial charge in [0.05, 0.1) is 12.0 Å². The van der Waals surface area contributed by atoms with Crippen molar-refractivity contribution in [2.45, 2.75) is 18.7 Å². The van der Waals surface area contributed by atoms with Crippen molar-refractivity contribution in [3.05, 3.63) is 37.8 Å². The third kappa shape index (κ3) is 3.43. The van der Waals surface area contributed by atoms with Crippen molar-refractivity contribution in [2.24, 2.45) is 0 Å². The van der Waals surface area contributed by atoms with Crippen LogP contribution in [0.25, 0.3) is 0 Å². The molecule has 0 amide bonds. The molecule has 1 aromatic carbocycles. The first kappa shape index (κ1) is 14.9. The minimum Gasteiger partial charge on any atom is -0.468 e. The topological polar surface area (TPSA) is 69.4 Å². The molecule has 0 aliphatic heterocycles. The number of halogens is 2. The number of alkyl halides is 1. The second-order valence-corrected chi connectivity index (χ2v) is 5.08. The Morgan fingerprint density at radius 3 is 2.72 bits per heavy atom. The lowest BCUT2D eigenvalue weighted by atomic mass is 10.0. The fourth-order valence-electron chi connectivity index (χ4n) is 1.51. The Morgan fingerprint density at radius 2 is 2.22 bits per heavy atom. The van der Waals surface area contributed by atoms with Gasteiger partial charge >= 0.3 is 5.97 Å². The number of nitro groups is 1. The lowest BCUT2D eigenvalue weighted by molar-refractivity contribution is -0.385. The summed E-state index contributed by atoms with van der Waals surface area (Å²) in [5.74, 6) is -0.613. The van der Waals surface area contributed by atoms with Gasteiger partial charge in [-0.15, -0.1) is 11.6 Å². The van der Waals surface area contributed by atoms with Crippen molar-refractivity contribution in [1.82, 2.24) is 0 Å². The molecule has 1 unspecified atom stereocenters. The zero-order valence-electron chi connectivity index (χ0n) is 9.78. The SMILES string of the molecule is COC(=O)C(Cl)Cc1c(Br)cc(C)cc1[N+](=O)[O-]. The Bertz CT molecular complexity index is 492. The minimum absolute atomic E-state index is 0.0331. The van der Waals surface area contributed by atoms with Crippen molar-refractivity contribution >= 4 is 39.2 Å². The molecule has 0 radical (unpaired) electrons. The summed E-state index contributed by atoms with van der Waals surface area (Å²) >= 11 is 9.09. The quantitative estimate of drug-likeness (QED) is 0.367. The number of hydrogen-bond acceptors (Lipinski definition) is 4. The minimum atomic E-state index is -0.951. The summed E-state index contributed by atoms with van der Waals surface area (Å²) in [7, 11) is 1.22. The van der Waals surface area contributed by atoms with Gasteiger partial charge in [-0.3, -0.25) is 14.9 Å². The van der Waals surface area contributed by atoms with E-state index in [-0.39, 0.29) is 12.1 Å². The van der Waals surface area contributed by atoms with Crippen LogP contribution < -0.4 is 0 Å². The molecule has 1 aromatic rings. The van der Waals surface area contributed by atoms with Gasteiger partial charge in [-0.1, -0.05) is 15.9 Å². The maximum Gasteiger partial charge on any atom is 0.324 e. The number of carbonyl (C=O) groups is 1. The molecule has 1 rings (SSSR count). The number of benzene rings is 1. The van der Waals surface area contributed by atoms with Crippen LogP contribution in [0.3, 0.4) is 0 Å². The van der Waals surface area contributed by atoms with E-state index in [0.29, 0.717) is 10.0 Å². The average Bonchev–Trinajstić information content (AvgIpc) is 2.30. The van der Waals surface area contributed by atoms with Crippen LogP contribution in [0, 0.1) is 17.0 Å². The average molecular weight is 337 g/mol. The number of carbonyl (C=O) groups excluding carboxylic acids is 1. The van der Waals surface area contributed by atoms with E-state index in [0.717, 1.165) is 5.56 Å². The number of nitro benzene ring substituents is 1. The first-order valence-electron chi connectivity index (χ1n) is 5.02. The van der Waals surface area contributed by atoms with Crippen LogP contribution in [-0.4, -0.2) is 23.4 Å². The Morgan fingerprint density at radius 1 is 1.61 bits per heavy atom. The fraction of sp³-hybridized carbons (Fsp3) is 0.364. The highest BCUT2D eigenvalue weighted by Gasteiger charge is 2.24. The predicted molar refractivity (Wildman–Crippen MR) is 70.9 cm³/mol. The summed E-state index contributed by atoms with van der Waals surface area (Å²) < 4.78 is 5.05. The summed E-state index contributed by atoms with van der Waals surface area (Å²) in [5.41, 5.74) is 1.08. The zero-order valence-corrected chi connectivity index (χ0v) is 12.1. The molecule has 0 spiro atoms. The van der Waals surface area contributed by atoms with Crippen LogP contribution in [0.15, 0.2) is 16.6 Å². The normalized spacial score (nSPS) is 12.0. The molecule has 0 bridgehead atoms. The fourth-order valence-corrected chi connectivity index (χ4v) is 2.48. The molecule has 0 saturated heterocycles. The van der Waals surface area contributed by atoms with Gasteiger partial charge in [0, 0.05) is 22.5 Å².